The molecule has 2 aliphatic rings. The van der Waals surface area contributed by atoms with Crippen molar-refractivity contribution in [3.8, 4) is 0 Å². The number of aliphatic carboxylic acids is 1. The van der Waals surface area contributed by atoms with Gasteiger partial charge in [-0.25, -0.2) is 0 Å². The van der Waals surface area contributed by atoms with Gasteiger partial charge in [-0.3, -0.25) is 9.59 Å². The molecule has 0 aromatic carbocycles. The van der Waals surface area contributed by atoms with Crippen molar-refractivity contribution in [1.29, 1.82) is 0 Å². The molecule has 2 aliphatic carbocycles. The molecule has 2 unspecified atom stereocenters. The normalized spacial score (nSPS) is 29.2. The number of nitrogens with one attached hydrogen (secondary N) is 1. The first-order chi connectivity index (χ1) is 8.06. The average Bonchev–Trinajstić information content (AvgIpc) is 2.93. The molecule has 0 aliphatic heterocycles. The van der Waals surface area contributed by atoms with E-state index in [1.807, 2.05) is 6.92 Å². The Labute approximate surface area is 101 Å². The SMILES string of the molecule is CCOC1CC1C(=O)NC1(CC(=O)O)CCC1. The topological polar surface area (TPSA) is 75.6 Å². The van der Waals surface area contributed by atoms with E-state index < -0.39 is 11.5 Å². The maximum Gasteiger partial charge on any atom is 0.305 e. The molecular weight excluding hydrogens is 222 g/mol. The highest BCUT2D eigenvalue weighted by Crippen LogP contribution is 2.38. The second kappa shape index (κ2) is 4.64. The largest absolute Gasteiger partial charge is 0.481 e. The van der Waals surface area contributed by atoms with Gasteiger partial charge >= 0.3 is 5.97 Å². The third kappa shape index (κ3) is 2.77. The van der Waals surface area contributed by atoms with E-state index in [-0.39, 0.29) is 24.3 Å². The van der Waals surface area contributed by atoms with Crippen LogP contribution < -0.4 is 5.32 Å². The number of amides is 1. The number of carboxylic acid groups (broad SMARTS) is 1. The number of carbonyl (C=O) groups is 2. The van der Waals surface area contributed by atoms with Crippen LogP contribution >= 0.6 is 0 Å². The van der Waals surface area contributed by atoms with E-state index in [1.165, 1.54) is 0 Å². The van der Waals surface area contributed by atoms with Crippen molar-refractivity contribution >= 4 is 11.9 Å². The predicted octanol–water partition coefficient (Wildman–Crippen LogP) is 0.925. The molecule has 0 spiro atoms. The van der Waals surface area contributed by atoms with Crippen molar-refractivity contribution in [2.45, 2.75) is 50.7 Å². The summed E-state index contributed by atoms with van der Waals surface area (Å²) < 4.78 is 5.36. The summed E-state index contributed by atoms with van der Waals surface area (Å²) in [5, 5.41) is 11.8. The Morgan fingerprint density at radius 2 is 2.18 bits per heavy atom. The van der Waals surface area contributed by atoms with Gasteiger partial charge in [0.1, 0.15) is 0 Å². The summed E-state index contributed by atoms with van der Waals surface area (Å²) >= 11 is 0. The standard InChI is InChI=1S/C12H19NO4/c1-2-17-9-6-8(9)11(16)13-12(4-3-5-12)7-10(14)15/h8-9H,2-7H2,1H3,(H,13,16)(H,14,15). The van der Waals surface area contributed by atoms with E-state index in [9.17, 15) is 9.59 Å². The van der Waals surface area contributed by atoms with Crippen molar-refractivity contribution in [2.75, 3.05) is 6.61 Å². The minimum absolute atomic E-state index is 0.0325. The Balaban J connectivity index is 1.83. The molecule has 0 bridgehead atoms. The fraction of sp³-hybridized carbons (Fsp3) is 0.833. The van der Waals surface area contributed by atoms with Crippen LogP contribution in [0.15, 0.2) is 0 Å². The highest BCUT2D eigenvalue weighted by atomic mass is 16.5. The van der Waals surface area contributed by atoms with Crippen molar-refractivity contribution in [2.24, 2.45) is 5.92 Å². The Hall–Kier alpha value is -1.10. The summed E-state index contributed by atoms with van der Waals surface area (Å²) in [7, 11) is 0. The van der Waals surface area contributed by atoms with Gasteiger partial charge in [0.2, 0.25) is 5.91 Å². The first kappa shape index (κ1) is 12.4. The first-order valence-electron chi connectivity index (χ1n) is 6.22. The molecule has 96 valence electrons. The van der Waals surface area contributed by atoms with E-state index in [4.69, 9.17) is 9.84 Å². The van der Waals surface area contributed by atoms with E-state index in [2.05, 4.69) is 5.32 Å². The monoisotopic (exact) mass is 241 g/mol. The van der Waals surface area contributed by atoms with Gasteiger partial charge in [-0.15, -0.1) is 0 Å². The molecule has 2 fully saturated rings. The number of carboxylic acids is 1. The second-order valence-electron chi connectivity index (χ2n) is 5.03. The average molecular weight is 241 g/mol. The van der Waals surface area contributed by atoms with Crippen LogP contribution in [0.2, 0.25) is 0 Å². The smallest absolute Gasteiger partial charge is 0.305 e. The Morgan fingerprint density at radius 1 is 1.47 bits per heavy atom. The molecule has 2 atom stereocenters. The van der Waals surface area contributed by atoms with Crippen LogP contribution in [0.4, 0.5) is 0 Å². The summed E-state index contributed by atoms with van der Waals surface area (Å²) in [4.78, 5) is 22.7. The van der Waals surface area contributed by atoms with Gasteiger partial charge in [-0.05, 0) is 32.6 Å². The highest BCUT2D eigenvalue weighted by molar-refractivity contribution is 5.83. The lowest BCUT2D eigenvalue weighted by Gasteiger charge is -2.41. The summed E-state index contributed by atoms with van der Waals surface area (Å²) in [6, 6.07) is 0. The van der Waals surface area contributed by atoms with E-state index in [0.29, 0.717) is 6.61 Å². The molecule has 0 radical (unpaired) electrons. The third-order valence-electron chi connectivity index (χ3n) is 3.64. The van der Waals surface area contributed by atoms with E-state index in [1.54, 1.807) is 0 Å². The molecule has 1 amide bonds. The second-order valence-corrected chi connectivity index (χ2v) is 5.03. The van der Waals surface area contributed by atoms with Crippen LogP contribution in [0.5, 0.6) is 0 Å². The highest BCUT2D eigenvalue weighted by Gasteiger charge is 2.48. The van der Waals surface area contributed by atoms with Crippen LogP contribution in [-0.4, -0.2) is 35.2 Å². The zero-order valence-corrected chi connectivity index (χ0v) is 10.1. The predicted molar refractivity (Wildman–Crippen MR) is 60.5 cm³/mol. The van der Waals surface area contributed by atoms with Crippen molar-refractivity contribution in [1.82, 2.24) is 5.32 Å². The van der Waals surface area contributed by atoms with Gasteiger partial charge in [-0.1, -0.05) is 0 Å². The Kier molecular flexibility index (Phi) is 3.38. The van der Waals surface area contributed by atoms with Crippen molar-refractivity contribution < 1.29 is 19.4 Å². The minimum Gasteiger partial charge on any atom is -0.481 e. The fourth-order valence-electron chi connectivity index (χ4n) is 2.44. The molecule has 17 heavy (non-hydrogen) atoms. The van der Waals surface area contributed by atoms with Crippen LogP contribution in [0.3, 0.4) is 0 Å². The lowest BCUT2D eigenvalue weighted by molar-refractivity contribution is -0.140. The van der Waals surface area contributed by atoms with Gasteiger partial charge in [0.15, 0.2) is 0 Å². The van der Waals surface area contributed by atoms with E-state index >= 15 is 0 Å². The number of rotatable bonds is 6. The number of carbonyl (C=O) groups excluding carboxylic acids is 1. The van der Waals surface area contributed by atoms with Gasteiger partial charge in [-0.2, -0.15) is 0 Å². The van der Waals surface area contributed by atoms with Crippen LogP contribution in [0.1, 0.15) is 39.0 Å². The van der Waals surface area contributed by atoms with Gasteiger partial charge in [0.25, 0.3) is 0 Å². The molecule has 0 aromatic heterocycles. The van der Waals surface area contributed by atoms with Crippen LogP contribution in [0.25, 0.3) is 0 Å². The van der Waals surface area contributed by atoms with Crippen LogP contribution in [0, 0.1) is 5.92 Å². The maximum absolute atomic E-state index is 11.9. The van der Waals surface area contributed by atoms with Gasteiger partial charge in [0, 0.05) is 6.61 Å². The Bertz CT molecular complexity index is 324. The van der Waals surface area contributed by atoms with Gasteiger partial charge < -0.3 is 15.2 Å². The molecule has 2 rings (SSSR count). The fourth-order valence-corrected chi connectivity index (χ4v) is 2.44. The summed E-state index contributed by atoms with van der Waals surface area (Å²) in [6.07, 6.45) is 3.39. The molecular formula is C12H19NO4. The first-order valence-corrected chi connectivity index (χ1v) is 6.22. The molecule has 5 heteroatoms. The molecule has 0 aromatic rings. The van der Waals surface area contributed by atoms with E-state index in [0.717, 1.165) is 25.7 Å². The summed E-state index contributed by atoms with van der Waals surface area (Å²) in [5.74, 6) is -0.951. The molecule has 2 N–H and O–H groups in total. The van der Waals surface area contributed by atoms with Crippen molar-refractivity contribution in [3.63, 3.8) is 0 Å². The van der Waals surface area contributed by atoms with Crippen LogP contribution in [-0.2, 0) is 14.3 Å². The lowest BCUT2D eigenvalue weighted by atomic mass is 9.74. The lowest BCUT2D eigenvalue weighted by Crippen LogP contribution is -2.55. The maximum atomic E-state index is 11.9. The minimum atomic E-state index is -0.845. The summed E-state index contributed by atoms with van der Waals surface area (Å²) in [5.41, 5.74) is -0.484. The van der Waals surface area contributed by atoms with Crippen molar-refractivity contribution in [3.05, 3.63) is 0 Å². The quantitative estimate of drug-likeness (QED) is 0.725. The molecule has 2 saturated carbocycles. The van der Waals surface area contributed by atoms with Gasteiger partial charge in [0.05, 0.1) is 24.0 Å². The molecule has 0 heterocycles. The molecule has 0 saturated heterocycles. The number of hydrogen-bond acceptors (Lipinski definition) is 3. The zero-order chi connectivity index (χ0) is 12.5. The molecule has 5 nitrogen and oxygen atoms in total. The number of ether oxygens (including phenoxy) is 1. The zero-order valence-electron chi connectivity index (χ0n) is 10.1. The Morgan fingerprint density at radius 3 is 2.65 bits per heavy atom. The summed E-state index contributed by atoms with van der Waals surface area (Å²) in [6.45, 7) is 2.53. The third-order valence-corrected chi connectivity index (χ3v) is 3.64. The number of hydrogen-bond donors (Lipinski definition) is 2.